The largest absolute Gasteiger partial charge is 0.327 e. The number of halogens is 1. The summed E-state index contributed by atoms with van der Waals surface area (Å²) >= 11 is 0. The van der Waals surface area contributed by atoms with Crippen molar-refractivity contribution in [2.45, 2.75) is 19.5 Å². The number of hydrogen-bond acceptors (Lipinski definition) is 4. The molecule has 19 heavy (non-hydrogen) atoms. The van der Waals surface area contributed by atoms with E-state index in [1.54, 1.807) is 0 Å². The van der Waals surface area contributed by atoms with Gasteiger partial charge in [0.25, 0.3) is 0 Å². The second-order valence-corrected chi connectivity index (χ2v) is 4.53. The van der Waals surface area contributed by atoms with Gasteiger partial charge in [-0.05, 0) is 12.5 Å². The number of nitrogens with zero attached hydrogens (tertiary/aromatic N) is 2. The van der Waals surface area contributed by atoms with Crippen molar-refractivity contribution in [1.82, 2.24) is 15.3 Å². The maximum atomic E-state index is 12.7. The lowest BCUT2D eigenvalue weighted by molar-refractivity contribution is 0.608. The Balaban J connectivity index is 2.00. The van der Waals surface area contributed by atoms with E-state index >= 15 is 0 Å². The van der Waals surface area contributed by atoms with Crippen LogP contribution in [0.2, 0.25) is 0 Å². The van der Waals surface area contributed by atoms with Crippen LogP contribution in [0.15, 0.2) is 36.7 Å². The van der Waals surface area contributed by atoms with Gasteiger partial charge in [0.2, 0.25) is 0 Å². The van der Waals surface area contributed by atoms with Crippen LogP contribution >= 0.6 is 0 Å². The number of aromatic nitrogens is 2. The van der Waals surface area contributed by atoms with Crippen molar-refractivity contribution in [3.8, 4) is 11.4 Å². The normalized spacial score (nSPS) is 12.4. The van der Waals surface area contributed by atoms with Crippen molar-refractivity contribution in [3.05, 3.63) is 48.0 Å². The number of nitrogens with two attached hydrogens (primary N) is 1. The number of nitrogens with one attached hydrogen (secondary N) is 1. The molecule has 1 atom stereocenters. The van der Waals surface area contributed by atoms with E-state index in [1.165, 1.54) is 12.4 Å². The molecule has 1 unspecified atom stereocenters. The molecular formula is C14H17FN4. The highest BCUT2D eigenvalue weighted by Crippen LogP contribution is 2.15. The minimum atomic E-state index is -0.430. The molecule has 0 fully saturated rings. The Labute approximate surface area is 111 Å². The predicted octanol–water partition coefficient (Wildman–Crippen LogP) is 1.72. The Morgan fingerprint density at radius 1 is 1.21 bits per heavy atom. The van der Waals surface area contributed by atoms with E-state index < -0.39 is 5.82 Å². The SMILES string of the molecule is CC(N)CNCc1ccc(-c2ncc(F)cn2)cc1. The van der Waals surface area contributed by atoms with E-state index in [1.807, 2.05) is 31.2 Å². The lowest BCUT2D eigenvalue weighted by Crippen LogP contribution is -2.30. The number of benzene rings is 1. The van der Waals surface area contributed by atoms with E-state index in [4.69, 9.17) is 5.73 Å². The second kappa shape index (κ2) is 6.36. The van der Waals surface area contributed by atoms with Gasteiger partial charge in [-0.2, -0.15) is 0 Å². The van der Waals surface area contributed by atoms with Crippen LogP contribution in [-0.2, 0) is 6.54 Å². The molecule has 4 nitrogen and oxygen atoms in total. The molecule has 2 aromatic rings. The third-order valence-corrected chi connectivity index (χ3v) is 2.63. The first-order valence-electron chi connectivity index (χ1n) is 6.18. The van der Waals surface area contributed by atoms with Crippen LogP contribution in [0.3, 0.4) is 0 Å². The first kappa shape index (κ1) is 13.6. The Morgan fingerprint density at radius 3 is 2.42 bits per heavy atom. The zero-order valence-corrected chi connectivity index (χ0v) is 10.8. The van der Waals surface area contributed by atoms with Gasteiger partial charge < -0.3 is 11.1 Å². The zero-order chi connectivity index (χ0) is 13.7. The Hall–Kier alpha value is -1.85. The van der Waals surface area contributed by atoms with Gasteiger partial charge in [0.1, 0.15) is 0 Å². The van der Waals surface area contributed by atoms with E-state index in [2.05, 4.69) is 15.3 Å². The van der Waals surface area contributed by atoms with Crippen molar-refractivity contribution in [2.24, 2.45) is 5.73 Å². The molecular weight excluding hydrogens is 243 g/mol. The van der Waals surface area contributed by atoms with E-state index in [0.717, 1.165) is 24.2 Å². The monoisotopic (exact) mass is 260 g/mol. The fraction of sp³-hybridized carbons (Fsp3) is 0.286. The molecule has 2 rings (SSSR count). The summed E-state index contributed by atoms with van der Waals surface area (Å²) in [6.07, 6.45) is 2.33. The van der Waals surface area contributed by atoms with Gasteiger partial charge in [-0.3, -0.25) is 0 Å². The Kier molecular flexibility index (Phi) is 4.54. The van der Waals surface area contributed by atoms with Crippen molar-refractivity contribution in [1.29, 1.82) is 0 Å². The van der Waals surface area contributed by atoms with Crippen LogP contribution in [0, 0.1) is 5.82 Å². The fourth-order valence-corrected chi connectivity index (χ4v) is 1.68. The molecule has 0 amide bonds. The van der Waals surface area contributed by atoms with Crippen LogP contribution in [0.5, 0.6) is 0 Å². The summed E-state index contributed by atoms with van der Waals surface area (Å²) in [6.45, 7) is 3.51. The van der Waals surface area contributed by atoms with E-state index in [0.29, 0.717) is 5.82 Å². The molecule has 0 bridgehead atoms. The molecule has 0 radical (unpaired) electrons. The van der Waals surface area contributed by atoms with Crippen LogP contribution in [0.1, 0.15) is 12.5 Å². The molecule has 0 aliphatic rings. The maximum absolute atomic E-state index is 12.7. The highest BCUT2D eigenvalue weighted by molar-refractivity contribution is 5.54. The molecule has 1 heterocycles. The summed E-state index contributed by atoms with van der Waals surface area (Å²) in [5.41, 5.74) is 7.69. The van der Waals surface area contributed by atoms with Gasteiger partial charge >= 0.3 is 0 Å². The van der Waals surface area contributed by atoms with Gasteiger partial charge in [0.15, 0.2) is 11.6 Å². The molecule has 1 aromatic heterocycles. The average molecular weight is 260 g/mol. The van der Waals surface area contributed by atoms with E-state index in [-0.39, 0.29) is 6.04 Å². The quantitative estimate of drug-likeness (QED) is 0.859. The smallest absolute Gasteiger partial charge is 0.159 e. The van der Waals surface area contributed by atoms with Crippen molar-refractivity contribution in [3.63, 3.8) is 0 Å². The van der Waals surface area contributed by atoms with Crippen molar-refractivity contribution >= 4 is 0 Å². The minimum absolute atomic E-state index is 0.145. The summed E-state index contributed by atoms with van der Waals surface area (Å²) in [7, 11) is 0. The minimum Gasteiger partial charge on any atom is -0.327 e. The van der Waals surface area contributed by atoms with Gasteiger partial charge in [-0.25, -0.2) is 14.4 Å². The Morgan fingerprint density at radius 2 is 1.84 bits per heavy atom. The summed E-state index contributed by atoms with van der Waals surface area (Å²) < 4.78 is 12.7. The third kappa shape index (κ3) is 4.08. The van der Waals surface area contributed by atoms with Crippen LogP contribution in [0.4, 0.5) is 4.39 Å². The molecule has 5 heteroatoms. The van der Waals surface area contributed by atoms with Crippen LogP contribution in [0.25, 0.3) is 11.4 Å². The fourth-order valence-electron chi connectivity index (χ4n) is 1.68. The molecule has 0 aliphatic carbocycles. The number of rotatable bonds is 5. The molecule has 100 valence electrons. The first-order chi connectivity index (χ1) is 9.15. The van der Waals surface area contributed by atoms with Crippen molar-refractivity contribution < 1.29 is 4.39 Å². The Bertz CT molecular complexity index is 508. The van der Waals surface area contributed by atoms with Gasteiger partial charge in [0, 0.05) is 24.7 Å². The standard InChI is InChI=1S/C14H17FN4/c1-10(16)6-17-7-11-2-4-12(5-3-11)14-18-8-13(15)9-19-14/h2-5,8-10,17H,6-7,16H2,1H3. The van der Waals surface area contributed by atoms with Gasteiger partial charge in [-0.15, -0.1) is 0 Å². The third-order valence-electron chi connectivity index (χ3n) is 2.63. The highest BCUT2D eigenvalue weighted by Gasteiger charge is 2.02. The molecule has 0 spiro atoms. The molecule has 1 aromatic carbocycles. The summed E-state index contributed by atoms with van der Waals surface area (Å²) in [5, 5.41) is 3.26. The molecule has 3 N–H and O–H groups in total. The number of hydrogen-bond donors (Lipinski definition) is 2. The van der Waals surface area contributed by atoms with Gasteiger partial charge in [-0.1, -0.05) is 24.3 Å². The lowest BCUT2D eigenvalue weighted by atomic mass is 10.1. The predicted molar refractivity (Wildman–Crippen MR) is 72.8 cm³/mol. The van der Waals surface area contributed by atoms with Crippen LogP contribution in [-0.4, -0.2) is 22.6 Å². The maximum Gasteiger partial charge on any atom is 0.159 e. The highest BCUT2D eigenvalue weighted by atomic mass is 19.1. The van der Waals surface area contributed by atoms with Gasteiger partial charge in [0.05, 0.1) is 12.4 Å². The lowest BCUT2D eigenvalue weighted by Gasteiger charge is -2.08. The summed E-state index contributed by atoms with van der Waals surface area (Å²) in [4.78, 5) is 7.89. The second-order valence-electron chi connectivity index (χ2n) is 4.53. The van der Waals surface area contributed by atoms with E-state index in [9.17, 15) is 4.39 Å². The molecule has 0 aliphatic heterocycles. The zero-order valence-electron chi connectivity index (χ0n) is 10.8. The molecule has 0 saturated carbocycles. The first-order valence-corrected chi connectivity index (χ1v) is 6.18. The summed E-state index contributed by atoms with van der Waals surface area (Å²) in [6, 6.07) is 7.99. The topological polar surface area (TPSA) is 63.8 Å². The van der Waals surface area contributed by atoms with Crippen molar-refractivity contribution in [2.75, 3.05) is 6.54 Å². The summed E-state index contributed by atoms with van der Waals surface area (Å²) in [5.74, 6) is 0.0944. The molecule has 0 saturated heterocycles. The van der Waals surface area contributed by atoms with Crippen LogP contribution < -0.4 is 11.1 Å². The average Bonchev–Trinajstić information content (AvgIpc) is 2.40.